The number of nitro benzene ring substituents is 1. The van der Waals surface area contributed by atoms with Gasteiger partial charge in [0.15, 0.2) is 6.10 Å². The molecule has 2 aliphatic rings. The number of ether oxygens (including phenoxy) is 1. The highest BCUT2D eigenvalue weighted by Crippen LogP contribution is 2.49. The van der Waals surface area contributed by atoms with Crippen molar-refractivity contribution in [1.29, 1.82) is 0 Å². The third kappa shape index (κ3) is 4.05. The third-order valence-corrected chi connectivity index (χ3v) is 6.64. The number of hydrogen-bond acceptors (Lipinski definition) is 7. The smallest absolute Gasteiger partial charge is 0.271 e. The van der Waals surface area contributed by atoms with Crippen molar-refractivity contribution in [3.05, 3.63) is 92.5 Å². The molecular weight excluding hydrogens is 509 g/mol. The zero-order chi connectivity index (χ0) is 25.6. The summed E-state index contributed by atoms with van der Waals surface area (Å²) in [5, 5.41) is 13.4. The number of carbonyl (C=O) groups is 2. The number of non-ortho nitro benzene ring substituents is 1. The molecule has 0 spiro atoms. The van der Waals surface area contributed by atoms with E-state index in [1.807, 2.05) is 6.92 Å². The largest absolute Gasteiger partial charge is 0.494 e. The van der Waals surface area contributed by atoms with Crippen LogP contribution in [0.4, 0.5) is 17.1 Å². The van der Waals surface area contributed by atoms with Crippen LogP contribution in [0, 0.1) is 16.0 Å². The monoisotopic (exact) mass is 527 g/mol. The average molecular weight is 528 g/mol. The van der Waals surface area contributed by atoms with Gasteiger partial charge in [0.2, 0.25) is 5.91 Å². The summed E-state index contributed by atoms with van der Waals surface area (Å²) >= 11 is 12.6. The Morgan fingerprint density at radius 3 is 2.47 bits per heavy atom. The van der Waals surface area contributed by atoms with Crippen molar-refractivity contribution in [3.63, 3.8) is 0 Å². The molecule has 2 amide bonds. The van der Waals surface area contributed by atoms with E-state index in [-0.39, 0.29) is 10.7 Å². The molecular formula is C25H19Cl2N3O6. The zero-order valence-electron chi connectivity index (χ0n) is 18.8. The molecule has 9 nitrogen and oxygen atoms in total. The summed E-state index contributed by atoms with van der Waals surface area (Å²) in [6.07, 6.45) is -1.16. The highest BCUT2D eigenvalue weighted by molar-refractivity contribution is 6.35. The molecule has 0 aliphatic carbocycles. The van der Waals surface area contributed by atoms with E-state index in [4.69, 9.17) is 32.8 Å². The second kappa shape index (κ2) is 9.42. The Bertz CT molecular complexity index is 1380. The van der Waals surface area contributed by atoms with Gasteiger partial charge in [0.1, 0.15) is 11.7 Å². The quantitative estimate of drug-likeness (QED) is 0.241. The summed E-state index contributed by atoms with van der Waals surface area (Å²) in [6, 6.07) is 16.4. The predicted octanol–water partition coefficient (Wildman–Crippen LogP) is 5.35. The fraction of sp³-hybridized carbons (Fsp3) is 0.200. The molecule has 184 valence electrons. The van der Waals surface area contributed by atoms with E-state index in [0.29, 0.717) is 34.3 Å². The van der Waals surface area contributed by atoms with Crippen LogP contribution in [0.15, 0.2) is 66.7 Å². The molecule has 0 radical (unpaired) electrons. The van der Waals surface area contributed by atoms with E-state index in [0.717, 1.165) is 4.90 Å². The van der Waals surface area contributed by atoms with Crippen molar-refractivity contribution < 1.29 is 24.1 Å². The first-order valence-corrected chi connectivity index (χ1v) is 11.8. The van der Waals surface area contributed by atoms with Gasteiger partial charge in [0, 0.05) is 28.2 Å². The molecule has 2 saturated heterocycles. The molecule has 36 heavy (non-hydrogen) atoms. The number of benzene rings is 3. The van der Waals surface area contributed by atoms with Crippen molar-refractivity contribution in [3.8, 4) is 5.75 Å². The van der Waals surface area contributed by atoms with Crippen LogP contribution in [0.5, 0.6) is 5.75 Å². The molecule has 0 saturated carbocycles. The van der Waals surface area contributed by atoms with Crippen molar-refractivity contribution in [2.75, 3.05) is 16.6 Å². The average Bonchev–Trinajstić information content (AvgIpc) is 3.35. The van der Waals surface area contributed by atoms with Crippen molar-refractivity contribution in [2.45, 2.75) is 19.1 Å². The molecule has 2 heterocycles. The molecule has 3 atom stereocenters. The van der Waals surface area contributed by atoms with Crippen molar-refractivity contribution in [2.24, 2.45) is 5.92 Å². The van der Waals surface area contributed by atoms with Crippen LogP contribution in [0.3, 0.4) is 0 Å². The second-order valence-electron chi connectivity index (χ2n) is 8.21. The third-order valence-electron chi connectivity index (χ3n) is 6.08. The SMILES string of the molecule is CCOc1cccc(N2C(=O)[C@H]3[C@H](ON(c4cccc([N+](=O)[O-])c4)[C@H]3c3ccc(Cl)cc3Cl)C2=O)c1. The highest BCUT2D eigenvalue weighted by atomic mass is 35.5. The van der Waals surface area contributed by atoms with E-state index in [1.165, 1.54) is 29.3 Å². The van der Waals surface area contributed by atoms with Crippen LogP contribution >= 0.6 is 23.2 Å². The topological polar surface area (TPSA) is 102 Å². The van der Waals surface area contributed by atoms with Gasteiger partial charge in [-0.05, 0) is 42.8 Å². The lowest BCUT2D eigenvalue weighted by atomic mass is 9.90. The molecule has 3 aromatic rings. The fourth-order valence-corrected chi connectivity index (χ4v) is 5.09. The number of imide groups is 1. The molecule has 0 unspecified atom stereocenters. The van der Waals surface area contributed by atoms with Crippen LogP contribution in [-0.4, -0.2) is 29.4 Å². The zero-order valence-corrected chi connectivity index (χ0v) is 20.3. The summed E-state index contributed by atoms with van der Waals surface area (Å²) in [6.45, 7) is 2.26. The maximum Gasteiger partial charge on any atom is 0.271 e. The molecule has 2 aliphatic heterocycles. The number of amides is 2. The van der Waals surface area contributed by atoms with Crippen LogP contribution < -0.4 is 14.7 Å². The summed E-state index contributed by atoms with van der Waals surface area (Å²) in [5.41, 5.74) is 0.990. The Labute approximate surface area is 215 Å². The second-order valence-corrected chi connectivity index (χ2v) is 9.05. The van der Waals surface area contributed by atoms with Crippen LogP contribution in [0.2, 0.25) is 10.0 Å². The van der Waals surface area contributed by atoms with Crippen LogP contribution in [0.1, 0.15) is 18.5 Å². The predicted molar refractivity (Wildman–Crippen MR) is 133 cm³/mol. The highest BCUT2D eigenvalue weighted by Gasteiger charge is 2.60. The summed E-state index contributed by atoms with van der Waals surface area (Å²) in [4.78, 5) is 45.2. The number of hydrogen-bond donors (Lipinski definition) is 0. The van der Waals surface area contributed by atoms with Gasteiger partial charge in [-0.1, -0.05) is 41.4 Å². The summed E-state index contributed by atoms with van der Waals surface area (Å²) < 4.78 is 5.52. The number of carbonyl (C=O) groups excluding carboxylic acids is 2. The van der Waals surface area contributed by atoms with Crippen LogP contribution in [-0.2, 0) is 14.4 Å². The Morgan fingerprint density at radius 2 is 1.75 bits per heavy atom. The van der Waals surface area contributed by atoms with Gasteiger partial charge >= 0.3 is 0 Å². The lowest BCUT2D eigenvalue weighted by molar-refractivity contribution is -0.384. The fourth-order valence-electron chi connectivity index (χ4n) is 4.57. The van der Waals surface area contributed by atoms with Gasteiger partial charge in [-0.3, -0.25) is 24.5 Å². The summed E-state index contributed by atoms with van der Waals surface area (Å²) in [5.74, 6) is -1.49. The number of hydroxylamine groups is 1. The summed E-state index contributed by atoms with van der Waals surface area (Å²) in [7, 11) is 0. The van der Waals surface area contributed by atoms with Gasteiger partial charge < -0.3 is 4.74 Å². The van der Waals surface area contributed by atoms with E-state index in [1.54, 1.807) is 42.5 Å². The first-order chi connectivity index (χ1) is 17.3. The number of rotatable bonds is 6. The number of halogens is 2. The normalized spacial score (nSPS) is 21.1. The molecule has 3 aromatic carbocycles. The number of fused-ring (bicyclic) bond motifs is 1. The Hall–Kier alpha value is -3.66. The van der Waals surface area contributed by atoms with Crippen molar-refractivity contribution in [1.82, 2.24) is 0 Å². The Morgan fingerprint density at radius 1 is 1.00 bits per heavy atom. The molecule has 0 bridgehead atoms. The Balaban J connectivity index is 1.60. The number of nitro groups is 1. The van der Waals surface area contributed by atoms with Crippen LogP contribution in [0.25, 0.3) is 0 Å². The van der Waals surface area contributed by atoms with Gasteiger partial charge in [-0.2, -0.15) is 0 Å². The van der Waals surface area contributed by atoms with E-state index >= 15 is 0 Å². The minimum Gasteiger partial charge on any atom is -0.494 e. The molecule has 2 fully saturated rings. The number of anilines is 2. The maximum absolute atomic E-state index is 13.8. The standard InChI is InChI=1S/C25H19Cl2N3O6/c1-2-35-18-8-4-5-15(13-18)28-24(31)21-22(19-10-9-14(26)11-20(19)27)29(36-23(21)25(28)32)16-6-3-7-17(12-16)30(33)34/h3-13,21-23H,2H2,1H3/t21-,22+,23+/m1/s1. The molecule has 11 heteroatoms. The van der Waals surface area contributed by atoms with Gasteiger partial charge in [-0.25, -0.2) is 9.96 Å². The van der Waals surface area contributed by atoms with Gasteiger partial charge in [0.05, 0.1) is 28.9 Å². The van der Waals surface area contributed by atoms with Gasteiger partial charge in [0.25, 0.3) is 11.6 Å². The van der Waals surface area contributed by atoms with Gasteiger partial charge in [-0.15, -0.1) is 0 Å². The maximum atomic E-state index is 13.8. The van der Waals surface area contributed by atoms with Crippen molar-refractivity contribution >= 4 is 52.1 Å². The molecule has 0 aromatic heterocycles. The van der Waals surface area contributed by atoms with E-state index in [9.17, 15) is 19.7 Å². The molecule has 5 rings (SSSR count). The van der Waals surface area contributed by atoms with E-state index in [2.05, 4.69) is 0 Å². The Kier molecular flexibility index (Phi) is 6.29. The minimum absolute atomic E-state index is 0.166. The lowest BCUT2D eigenvalue weighted by Crippen LogP contribution is -2.37. The van der Waals surface area contributed by atoms with E-state index < -0.39 is 34.8 Å². The first kappa shape index (κ1) is 24.1. The first-order valence-electron chi connectivity index (χ1n) is 11.1. The minimum atomic E-state index is -1.16. The molecule has 0 N–H and O–H groups in total. The number of nitrogens with zero attached hydrogens (tertiary/aromatic N) is 3. The lowest BCUT2D eigenvalue weighted by Gasteiger charge is -2.29.